The first kappa shape index (κ1) is 27.8. The Hall–Kier alpha value is -4.05. The van der Waals surface area contributed by atoms with Crippen molar-refractivity contribution in [2.24, 2.45) is 24.6 Å². The van der Waals surface area contributed by atoms with Crippen molar-refractivity contribution in [1.82, 2.24) is 24.3 Å². The SMILES string of the molecule is COc1cc(C(=O)N2C[C@H]3C[C@H](N)[C@@H]2[C@@H]3NC(=O)OC(C)(C)C)cc2nc(-c3cc4ccccc4n3CC3CC3)n(C)c12. The Balaban J connectivity index is 1.23. The van der Waals surface area contributed by atoms with Gasteiger partial charge in [0.05, 0.1) is 30.4 Å². The number of alkyl carbamates (subject to hydrolysis) is 1. The Morgan fingerprint density at radius 3 is 2.63 bits per heavy atom. The van der Waals surface area contributed by atoms with Crippen molar-refractivity contribution in [3.63, 3.8) is 0 Å². The molecule has 2 bridgehead atoms. The fourth-order valence-electron chi connectivity index (χ4n) is 7.17. The number of amides is 2. The van der Waals surface area contributed by atoms with Gasteiger partial charge in [-0.15, -0.1) is 0 Å². The molecule has 2 saturated carbocycles. The van der Waals surface area contributed by atoms with E-state index in [-0.39, 0.29) is 30.0 Å². The van der Waals surface area contributed by atoms with Gasteiger partial charge in [-0.05, 0) is 70.2 Å². The number of hydrogen-bond donors (Lipinski definition) is 2. The number of aromatic nitrogens is 3. The zero-order valence-corrected chi connectivity index (χ0v) is 25.5. The molecule has 2 aromatic carbocycles. The number of rotatable bonds is 6. The molecule has 0 unspecified atom stereocenters. The van der Waals surface area contributed by atoms with Gasteiger partial charge in [0.15, 0.2) is 5.82 Å². The number of methoxy groups -OCH3 is 1. The summed E-state index contributed by atoms with van der Waals surface area (Å²) >= 11 is 0. The number of para-hydroxylation sites is 1. The van der Waals surface area contributed by atoms with Gasteiger partial charge >= 0.3 is 6.09 Å². The number of nitrogens with one attached hydrogen (secondary N) is 1. The van der Waals surface area contributed by atoms with Gasteiger partial charge in [-0.2, -0.15) is 0 Å². The van der Waals surface area contributed by atoms with E-state index in [2.05, 4.69) is 44.8 Å². The molecule has 3 heterocycles. The summed E-state index contributed by atoms with van der Waals surface area (Å²) in [5.74, 6) is 2.03. The molecule has 10 heteroatoms. The van der Waals surface area contributed by atoms with Gasteiger partial charge in [-0.1, -0.05) is 18.2 Å². The van der Waals surface area contributed by atoms with Crippen molar-refractivity contribution < 1.29 is 19.1 Å². The molecular formula is C33H40N6O4. The second-order valence-corrected chi connectivity index (χ2v) is 13.5. The average molecular weight is 585 g/mol. The highest BCUT2D eigenvalue weighted by Crippen LogP contribution is 2.40. The third-order valence-electron chi connectivity index (χ3n) is 9.20. The fraction of sp³-hybridized carbons (Fsp3) is 0.485. The smallest absolute Gasteiger partial charge is 0.407 e. The van der Waals surface area contributed by atoms with Gasteiger partial charge < -0.3 is 34.6 Å². The molecule has 4 atom stereocenters. The Kier molecular flexibility index (Phi) is 6.46. The molecule has 43 heavy (non-hydrogen) atoms. The predicted octanol–water partition coefficient (Wildman–Crippen LogP) is 4.68. The number of carbonyl (C=O) groups excluding carboxylic acids is 2. The lowest BCUT2D eigenvalue weighted by Crippen LogP contribution is -2.53. The summed E-state index contributed by atoms with van der Waals surface area (Å²) in [6.07, 6.45) is 2.77. The van der Waals surface area contributed by atoms with Crippen molar-refractivity contribution in [3.8, 4) is 17.3 Å². The van der Waals surface area contributed by atoms with E-state index >= 15 is 0 Å². The van der Waals surface area contributed by atoms with Crippen LogP contribution in [0.4, 0.5) is 4.79 Å². The molecule has 7 rings (SSSR count). The lowest BCUT2D eigenvalue weighted by atomic mass is 10.0. The molecule has 3 aliphatic rings. The molecule has 2 aliphatic carbocycles. The van der Waals surface area contributed by atoms with E-state index in [0.717, 1.165) is 30.0 Å². The second-order valence-electron chi connectivity index (χ2n) is 13.5. The van der Waals surface area contributed by atoms with Crippen LogP contribution in [0.5, 0.6) is 5.75 Å². The predicted molar refractivity (Wildman–Crippen MR) is 165 cm³/mol. The average Bonchev–Trinajstić information content (AvgIpc) is 3.36. The minimum absolute atomic E-state index is 0.0666. The monoisotopic (exact) mass is 584 g/mol. The van der Waals surface area contributed by atoms with Crippen LogP contribution in [-0.2, 0) is 18.3 Å². The van der Waals surface area contributed by atoms with Crippen LogP contribution in [0.15, 0.2) is 42.5 Å². The summed E-state index contributed by atoms with van der Waals surface area (Å²) in [6, 6.07) is 13.5. The molecule has 0 spiro atoms. The zero-order valence-electron chi connectivity index (χ0n) is 25.5. The van der Waals surface area contributed by atoms with Crippen LogP contribution >= 0.6 is 0 Å². The number of aryl methyl sites for hydroxylation is 1. The van der Waals surface area contributed by atoms with E-state index < -0.39 is 11.7 Å². The van der Waals surface area contributed by atoms with Crippen LogP contribution < -0.4 is 15.8 Å². The van der Waals surface area contributed by atoms with Crippen LogP contribution in [0, 0.1) is 11.8 Å². The number of nitrogens with zero attached hydrogens (tertiary/aromatic N) is 4. The number of fused-ring (bicyclic) bond motifs is 4. The minimum Gasteiger partial charge on any atom is -0.494 e. The van der Waals surface area contributed by atoms with Gasteiger partial charge in [-0.25, -0.2) is 9.78 Å². The summed E-state index contributed by atoms with van der Waals surface area (Å²) < 4.78 is 15.8. The summed E-state index contributed by atoms with van der Waals surface area (Å²) in [5, 5.41) is 4.18. The molecule has 2 amide bonds. The van der Waals surface area contributed by atoms with Crippen molar-refractivity contribution in [3.05, 3.63) is 48.0 Å². The molecule has 1 saturated heterocycles. The maximum Gasteiger partial charge on any atom is 0.407 e. The van der Waals surface area contributed by atoms with Gasteiger partial charge in [0.1, 0.15) is 16.9 Å². The number of piperidine rings is 1. The van der Waals surface area contributed by atoms with E-state index in [4.69, 9.17) is 20.2 Å². The largest absolute Gasteiger partial charge is 0.494 e. The van der Waals surface area contributed by atoms with Crippen molar-refractivity contribution >= 4 is 33.9 Å². The highest BCUT2D eigenvalue weighted by molar-refractivity contribution is 6.00. The first-order valence-corrected chi connectivity index (χ1v) is 15.2. The molecule has 4 aromatic rings. The summed E-state index contributed by atoms with van der Waals surface area (Å²) in [4.78, 5) is 33.5. The number of ether oxygens (including phenoxy) is 2. The number of likely N-dealkylation sites (tertiary alicyclic amines) is 1. The first-order valence-electron chi connectivity index (χ1n) is 15.2. The zero-order chi connectivity index (χ0) is 30.2. The van der Waals surface area contributed by atoms with E-state index in [9.17, 15) is 9.59 Å². The summed E-state index contributed by atoms with van der Waals surface area (Å²) in [6.45, 7) is 6.97. The quantitative estimate of drug-likeness (QED) is 0.340. The molecule has 0 radical (unpaired) electrons. The third kappa shape index (κ3) is 4.81. The van der Waals surface area contributed by atoms with Crippen LogP contribution in [0.25, 0.3) is 33.5 Å². The van der Waals surface area contributed by atoms with Gasteiger partial charge in [0, 0.05) is 48.6 Å². The maximum atomic E-state index is 14.0. The first-order chi connectivity index (χ1) is 20.5. The number of carbonyl (C=O) groups is 2. The number of nitrogens with two attached hydrogens (primary N) is 1. The highest BCUT2D eigenvalue weighted by Gasteiger charge is 2.54. The molecule has 226 valence electrons. The highest BCUT2D eigenvalue weighted by atomic mass is 16.6. The fourth-order valence-corrected chi connectivity index (χ4v) is 7.17. The van der Waals surface area contributed by atoms with Gasteiger partial charge in [-0.3, -0.25) is 4.79 Å². The molecule has 3 N–H and O–H groups in total. The van der Waals surface area contributed by atoms with Crippen molar-refractivity contribution in [1.29, 1.82) is 0 Å². The van der Waals surface area contributed by atoms with Crippen LogP contribution in [0.2, 0.25) is 0 Å². The Morgan fingerprint density at radius 2 is 1.91 bits per heavy atom. The van der Waals surface area contributed by atoms with E-state index in [0.29, 0.717) is 29.3 Å². The topological polar surface area (TPSA) is 117 Å². The van der Waals surface area contributed by atoms with E-state index in [1.165, 1.54) is 23.7 Å². The van der Waals surface area contributed by atoms with Crippen LogP contribution in [0.1, 0.15) is 50.4 Å². The number of benzene rings is 2. The summed E-state index contributed by atoms with van der Waals surface area (Å²) in [5.41, 5.74) is 10.2. The molecular weight excluding hydrogens is 544 g/mol. The van der Waals surface area contributed by atoms with Gasteiger partial charge in [0.25, 0.3) is 5.91 Å². The van der Waals surface area contributed by atoms with Crippen molar-refractivity contribution in [2.75, 3.05) is 13.7 Å². The van der Waals surface area contributed by atoms with E-state index in [1.807, 2.05) is 33.9 Å². The number of hydrogen-bond acceptors (Lipinski definition) is 6. The Bertz CT molecular complexity index is 1750. The lowest BCUT2D eigenvalue weighted by Gasteiger charge is -2.32. The molecule has 2 aromatic heterocycles. The Labute approximate surface area is 251 Å². The Morgan fingerprint density at radius 1 is 1.14 bits per heavy atom. The molecule has 1 aliphatic heterocycles. The van der Waals surface area contributed by atoms with Gasteiger partial charge in [0.2, 0.25) is 0 Å². The van der Waals surface area contributed by atoms with Crippen LogP contribution in [-0.4, -0.2) is 68.4 Å². The van der Waals surface area contributed by atoms with Crippen molar-refractivity contribution in [2.45, 2.75) is 70.3 Å². The van der Waals surface area contributed by atoms with E-state index in [1.54, 1.807) is 18.1 Å². The molecule has 10 nitrogen and oxygen atoms in total. The second kappa shape index (κ2) is 10.0. The lowest BCUT2D eigenvalue weighted by molar-refractivity contribution is 0.0482. The van der Waals surface area contributed by atoms with Crippen LogP contribution in [0.3, 0.4) is 0 Å². The maximum absolute atomic E-state index is 14.0. The molecule has 3 fully saturated rings. The third-order valence-corrected chi connectivity index (χ3v) is 9.20. The minimum atomic E-state index is -0.612. The summed E-state index contributed by atoms with van der Waals surface area (Å²) in [7, 11) is 3.62. The standard InChI is InChI=1S/C33H40N6O4/c1-33(2,3)43-32(41)36-27-21-12-22(34)28(27)39(17-21)31(40)20-13-23-29(26(15-20)42-5)37(4)30(35-23)25-14-19-8-6-7-9-24(19)38(25)16-18-10-11-18/h6-9,13-15,18,21-22,27-28H,10-12,16-17,34H2,1-5H3,(H,36,41)/t21-,22+,27-,28-/m1/s1. The number of imidazole rings is 1. The normalized spacial score (nSPS) is 23.3.